The number of hydrogen-bond donors (Lipinski definition) is 1. The fraction of sp³-hybridized carbons (Fsp3) is 0.176. The number of carbonyl (C=O) groups is 1. The number of nitrogens with zero attached hydrogens (tertiary/aromatic N) is 1. The molecule has 0 bridgehead atoms. The highest BCUT2D eigenvalue weighted by Crippen LogP contribution is 2.21. The van der Waals surface area contributed by atoms with Crippen LogP contribution in [0.3, 0.4) is 0 Å². The number of carbonyl (C=O) groups excluding carboxylic acids is 1. The van der Waals surface area contributed by atoms with E-state index in [0.717, 1.165) is 0 Å². The van der Waals surface area contributed by atoms with E-state index in [4.69, 9.17) is 16.9 Å². The molecule has 1 amide bonds. The molecular weight excluding hydrogens is 357 g/mol. The molecule has 0 aliphatic heterocycles. The van der Waals surface area contributed by atoms with Crippen LogP contribution in [0.25, 0.3) is 0 Å². The van der Waals surface area contributed by atoms with Gasteiger partial charge < -0.3 is 10.1 Å². The quantitative estimate of drug-likeness (QED) is 0.842. The molecule has 0 aliphatic rings. The zero-order valence-electron chi connectivity index (χ0n) is 12.7. The summed E-state index contributed by atoms with van der Waals surface area (Å²) < 4.78 is 40.6. The van der Waals surface area contributed by atoms with E-state index in [1.165, 1.54) is 36.4 Å². The maximum atomic E-state index is 12.1. The Labute approximate surface area is 146 Å². The number of amides is 1. The summed E-state index contributed by atoms with van der Waals surface area (Å²) in [7, 11) is 0. The van der Waals surface area contributed by atoms with Crippen molar-refractivity contribution in [3.8, 4) is 6.07 Å². The van der Waals surface area contributed by atoms with Gasteiger partial charge in [-0.05, 0) is 35.9 Å². The van der Waals surface area contributed by atoms with Gasteiger partial charge in [0.1, 0.15) is 12.7 Å². The predicted octanol–water partition coefficient (Wildman–Crippen LogP) is 4.54. The molecule has 2 rings (SSSR count). The Morgan fingerprint density at radius 2 is 1.88 bits per heavy atom. The molecular formula is C17H12ClF3N2O2. The fourth-order valence-corrected chi connectivity index (χ4v) is 2.15. The molecule has 0 radical (unpaired) electrons. The average Bonchev–Trinajstić information content (AvgIpc) is 2.54. The molecule has 4 nitrogen and oxygen atoms in total. The number of ether oxygens (including phenoxy) is 1. The van der Waals surface area contributed by atoms with Gasteiger partial charge in [-0.15, -0.1) is 0 Å². The second kappa shape index (κ2) is 8.01. The lowest BCUT2D eigenvalue weighted by atomic mass is 10.1. The summed E-state index contributed by atoms with van der Waals surface area (Å²) in [6.07, 6.45) is -4.37. The Morgan fingerprint density at radius 1 is 1.20 bits per heavy atom. The molecule has 0 spiro atoms. The van der Waals surface area contributed by atoms with Gasteiger partial charge in [0, 0.05) is 11.3 Å². The molecule has 2 aromatic carbocycles. The van der Waals surface area contributed by atoms with E-state index in [1.807, 2.05) is 6.07 Å². The summed E-state index contributed by atoms with van der Waals surface area (Å²) >= 11 is 5.89. The van der Waals surface area contributed by atoms with Crippen LogP contribution in [0.1, 0.15) is 21.5 Å². The third-order valence-electron chi connectivity index (χ3n) is 3.10. The minimum atomic E-state index is -4.37. The first-order valence-corrected chi connectivity index (χ1v) is 7.41. The monoisotopic (exact) mass is 368 g/mol. The molecule has 0 saturated carbocycles. The van der Waals surface area contributed by atoms with Crippen molar-refractivity contribution in [3.05, 3.63) is 64.2 Å². The normalized spacial score (nSPS) is 11.0. The Kier molecular flexibility index (Phi) is 6.02. The molecule has 0 atom stereocenters. The molecule has 25 heavy (non-hydrogen) atoms. The van der Waals surface area contributed by atoms with Crippen LogP contribution in [0, 0.1) is 11.3 Å². The summed E-state index contributed by atoms with van der Waals surface area (Å²) in [5.41, 5.74) is 1.55. The Balaban J connectivity index is 1.96. The number of hydrogen-bond acceptors (Lipinski definition) is 3. The van der Waals surface area contributed by atoms with Crippen LogP contribution in [0.5, 0.6) is 0 Å². The van der Waals surface area contributed by atoms with Crippen LogP contribution in [0.4, 0.5) is 18.9 Å². The van der Waals surface area contributed by atoms with Crippen molar-refractivity contribution in [2.75, 3.05) is 11.9 Å². The Morgan fingerprint density at radius 3 is 2.44 bits per heavy atom. The first kappa shape index (κ1) is 18.8. The van der Waals surface area contributed by atoms with Crippen LogP contribution >= 0.6 is 11.6 Å². The highest BCUT2D eigenvalue weighted by atomic mass is 35.5. The summed E-state index contributed by atoms with van der Waals surface area (Å²) in [5, 5.41) is 11.6. The maximum absolute atomic E-state index is 12.1. The molecule has 0 aliphatic carbocycles. The third kappa shape index (κ3) is 5.78. The molecule has 130 valence electrons. The standard InChI is InChI=1S/C17H12ClF3N2O2/c18-15-7-14(6-5-13(15)8-22)23-16(24)12-3-1-11(2-4-12)9-25-10-17(19,20)21/h1-7H,9-10H2,(H,23,24). The lowest BCUT2D eigenvalue weighted by Gasteiger charge is -2.09. The summed E-state index contributed by atoms with van der Waals surface area (Å²) in [5.74, 6) is -0.413. The predicted molar refractivity (Wildman–Crippen MR) is 86.3 cm³/mol. The van der Waals surface area contributed by atoms with Gasteiger partial charge >= 0.3 is 6.18 Å². The van der Waals surface area contributed by atoms with Crippen molar-refractivity contribution in [2.24, 2.45) is 0 Å². The number of halogens is 4. The van der Waals surface area contributed by atoms with Crippen molar-refractivity contribution in [1.82, 2.24) is 0 Å². The second-order valence-electron chi connectivity index (χ2n) is 5.07. The van der Waals surface area contributed by atoms with E-state index in [9.17, 15) is 18.0 Å². The molecule has 0 unspecified atom stereocenters. The first-order chi connectivity index (χ1) is 11.8. The smallest absolute Gasteiger partial charge is 0.367 e. The zero-order valence-corrected chi connectivity index (χ0v) is 13.5. The molecule has 8 heteroatoms. The molecule has 0 fully saturated rings. The number of nitrogens with one attached hydrogen (secondary N) is 1. The van der Waals surface area contributed by atoms with E-state index >= 15 is 0 Å². The lowest BCUT2D eigenvalue weighted by molar-refractivity contribution is -0.176. The van der Waals surface area contributed by atoms with Gasteiger partial charge in [0.15, 0.2) is 0 Å². The minimum absolute atomic E-state index is 0.202. The van der Waals surface area contributed by atoms with Gasteiger partial charge in [-0.2, -0.15) is 18.4 Å². The highest BCUT2D eigenvalue weighted by Gasteiger charge is 2.27. The Bertz CT molecular complexity index is 799. The average molecular weight is 369 g/mol. The summed E-state index contributed by atoms with van der Waals surface area (Å²) in [6.45, 7) is -1.53. The maximum Gasteiger partial charge on any atom is 0.411 e. The van der Waals surface area contributed by atoms with Gasteiger partial charge in [0.05, 0.1) is 17.2 Å². The van der Waals surface area contributed by atoms with E-state index in [1.54, 1.807) is 6.07 Å². The minimum Gasteiger partial charge on any atom is -0.367 e. The van der Waals surface area contributed by atoms with Crippen LogP contribution < -0.4 is 5.32 Å². The zero-order chi connectivity index (χ0) is 18.4. The van der Waals surface area contributed by atoms with Crippen LogP contribution in [-0.2, 0) is 11.3 Å². The fourth-order valence-electron chi connectivity index (χ4n) is 1.92. The van der Waals surface area contributed by atoms with E-state index < -0.39 is 18.7 Å². The van der Waals surface area contributed by atoms with Gasteiger partial charge in [-0.25, -0.2) is 0 Å². The van der Waals surface area contributed by atoms with Gasteiger partial charge in [0.25, 0.3) is 5.91 Å². The van der Waals surface area contributed by atoms with Crippen LogP contribution in [0.15, 0.2) is 42.5 Å². The number of benzene rings is 2. The van der Waals surface area contributed by atoms with Crippen molar-refractivity contribution in [2.45, 2.75) is 12.8 Å². The van der Waals surface area contributed by atoms with E-state index in [0.29, 0.717) is 22.4 Å². The molecule has 2 aromatic rings. The van der Waals surface area contributed by atoms with Crippen molar-refractivity contribution in [3.63, 3.8) is 0 Å². The number of alkyl halides is 3. The first-order valence-electron chi connectivity index (χ1n) is 7.03. The summed E-state index contributed by atoms with van der Waals surface area (Å²) in [6, 6.07) is 12.4. The largest absolute Gasteiger partial charge is 0.411 e. The van der Waals surface area contributed by atoms with Crippen molar-refractivity contribution >= 4 is 23.2 Å². The molecule has 0 aromatic heterocycles. The number of nitriles is 1. The molecule has 0 heterocycles. The third-order valence-corrected chi connectivity index (χ3v) is 3.41. The second-order valence-corrected chi connectivity index (χ2v) is 5.47. The lowest BCUT2D eigenvalue weighted by Crippen LogP contribution is -2.16. The topological polar surface area (TPSA) is 62.1 Å². The van der Waals surface area contributed by atoms with Crippen molar-refractivity contribution < 1.29 is 22.7 Å². The number of rotatable bonds is 5. The van der Waals surface area contributed by atoms with E-state index in [-0.39, 0.29) is 11.6 Å². The highest BCUT2D eigenvalue weighted by molar-refractivity contribution is 6.32. The summed E-state index contributed by atoms with van der Waals surface area (Å²) in [4.78, 5) is 12.1. The number of anilines is 1. The van der Waals surface area contributed by atoms with E-state index in [2.05, 4.69) is 10.1 Å². The Hall–Kier alpha value is -2.56. The van der Waals surface area contributed by atoms with Gasteiger partial charge in [0.2, 0.25) is 0 Å². The van der Waals surface area contributed by atoms with Gasteiger partial charge in [-0.1, -0.05) is 23.7 Å². The van der Waals surface area contributed by atoms with Crippen LogP contribution in [0.2, 0.25) is 5.02 Å². The van der Waals surface area contributed by atoms with Gasteiger partial charge in [-0.3, -0.25) is 4.79 Å². The molecule has 0 saturated heterocycles. The molecule has 1 N–H and O–H groups in total. The van der Waals surface area contributed by atoms with Crippen molar-refractivity contribution in [1.29, 1.82) is 5.26 Å². The SMILES string of the molecule is N#Cc1ccc(NC(=O)c2ccc(COCC(F)(F)F)cc2)cc1Cl. The van der Waals surface area contributed by atoms with Crippen LogP contribution in [-0.4, -0.2) is 18.7 Å².